The van der Waals surface area contributed by atoms with Crippen molar-refractivity contribution in [2.24, 2.45) is 0 Å². The van der Waals surface area contributed by atoms with Gasteiger partial charge in [0.05, 0.1) is 10.2 Å². The van der Waals surface area contributed by atoms with Crippen molar-refractivity contribution < 1.29 is 0 Å². The zero-order valence-corrected chi connectivity index (χ0v) is 13.1. The number of hydrogen-bond acceptors (Lipinski definition) is 5. The third-order valence-corrected chi connectivity index (χ3v) is 5.16. The maximum atomic E-state index is 4.60. The number of aromatic nitrogens is 3. The highest BCUT2D eigenvalue weighted by molar-refractivity contribution is 7.19. The van der Waals surface area contributed by atoms with Crippen LogP contribution >= 0.6 is 22.7 Å². The van der Waals surface area contributed by atoms with Crippen LogP contribution < -0.4 is 0 Å². The molecule has 0 amide bonds. The molecule has 1 aromatic carbocycles. The Morgan fingerprint density at radius 2 is 1.77 bits per heavy atom. The Morgan fingerprint density at radius 1 is 0.909 bits per heavy atom. The molecular weight excluding hydrogens is 310 g/mol. The van der Waals surface area contributed by atoms with Crippen LogP contribution in [-0.2, 0) is 0 Å². The first-order chi connectivity index (χ1) is 10.9. The van der Waals surface area contributed by atoms with Crippen LogP contribution in [0.5, 0.6) is 0 Å². The third-order valence-electron chi connectivity index (χ3n) is 3.15. The summed E-state index contributed by atoms with van der Waals surface area (Å²) >= 11 is 3.36. The van der Waals surface area contributed by atoms with E-state index in [1.54, 1.807) is 35.1 Å². The number of nitrogens with zero attached hydrogens (tertiary/aromatic N) is 3. The average Bonchev–Trinajstić information content (AvgIpc) is 3.20. The summed E-state index contributed by atoms with van der Waals surface area (Å²) in [6.07, 6.45) is 9.58. The van der Waals surface area contributed by atoms with Gasteiger partial charge in [0, 0.05) is 29.0 Å². The highest BCUT2D eigenvalue weighted by Crippen LogP contribution is 2.27. The topological polar surface area (TPSA) is 38.7 Å². The molecule has 0 unspecified atom stereocenters. The van der Waals surface area contributed by atoms with Gasteiger partial charge in [-0.1, -0.05) is 12.1 Å². The number of fused-ring (bicyclic) bond motifs is 1. The molecule has 0 saturated carbocycles. The molecule has 3 aromatic heterocycles. The molecule has 106 valence electrons. The minimum atomic E-state index is 1.01. The van der Waals surface area contributed by atoms with Crippen LogP contribution in [0.1, 0.15) is 9.88 Å². The highest BCUT2D eigenvalue weighted by atomic mass is 32.1. The Labute approximate surface area is 135 Å². The Balaban J connectivity index is 1.59. The summed E-state index contributed by atoms with van der Waals surface area (Å²) in [6, 6.07) is 12.1. The minimum Gasteiger partial charge on any atom is -0.265 e. The van der Waals surface area contributed by atoms with Crippen LogP contribution in [0.15, 0.2) is 55.0 Å². The lowest BCUT2D eigenvalue weighted by Crippen LogP contribution is -1.74. The predicted molar refractivity (Wildman–Crippen MR) is 93.9 cm³/mol. The van der Waals surface area contributed by atoms with E-state index in [9.17, 15) is 0 Å². The lowest BCUT2D eigenvalue weighted by Gasteiger charge is -1.92. The van der Waals surface area contributed by atoms with Crippen LogP contribution in [0.3, 0.4) is 0 Å². The van der Waals surface area contributed by atoms with Gasteiger partial charge >= 0.3 is 0 Å². The summed E-state index contributed by atoms with van der Waals surface area (Å²) in [4.78, 5) is 14.2. The summed E-state index contributed by atoms with van der Waals surface area (Å²) in [6.45, 7) is 0. The van der Waals surface area contributed by atoms with Gasteiger partial charge in [-0.3, -0.25) is 4.98 Å². The summed E-state index contributed by atoms with van der Waals surface area (Å²) in [5.41, 5.74) is 2.15. The summed E-state index contributed by atoms with van der Waals surface area (Å²) in [5, 5.41) is 2.02. The van der Waals surface area contributed by atoms with E-state index in [1.807, 2.05) is 36.5 Å². The molecule has 3 heterocycles. The first kappa shape index (κ1) is 13.3. The van der Waals surface area contributed by atoms with E-state index in [4.69, 9.17) is 0 Å². The fraction of sp³-hybridized carbons (Fsp3) is 0. The van der Waals surface area contributed by atoms with Crippen LogP contribution in [0.25, 0.3) is 32.9 Å². The van der Waals surface area contributed by atoms with Crippen molar-refractivity contribution in [1.29, 1.82) is 0 Å². The number of benzene rings is 1. The summed E-state index contributed by atoms with van der Waals surface area (Å²) < 4.78 is 1.21. The first-order valence-electron chi connectivity index (χ1n) is 6.78. The van der Waals surface area contributed by atoms with E-state index < -0.39 is 0 Å². The van der Waals surface area contributed by atoms with Crippen molar-refractivity contribution in [3.05, 3.63) is 64.9 Å². The van der Waals surface area contributed by atoms with Crippen molar-refractivity contribution >= 4 is 45.0 Å². The molecule has 0 spiro atoms. The van der Waals surface area contributed by atoms with Gasteiger partial charge in [-0.2, -0.15) is 0 Å². The second kappa shape index (κ2) is 5.79. The van der Waals surface area contributed by atoms with E-state index >= 15 is 0 Å². The molecule has 3 nitrogen and oxygen atoms in total. The van der Waals surface area contributed by atoms with Crippen molar-refractivity contribution in [2.45, 2.75) is 0 Å². The summed E-state index contributed by atoms with van der Waals surface area (Å²) in [7, 11) is 0. The maximum Gasteiger partial charge on any atom is 0.123 e. The van der Waals surface area contributed by atoms with Gasteiger partial charge in [0.25, 0.3) is 0 Å². The van der Waals surface area contributed by atoms with Gasteiger partial charge < -0.3 is 0 Å². The molecule has 22 heavy (non-hydrogen) atoms. The molecule has 5 heteroatoms. The van der Waals surface area contributed by atoms with Crippen LogP contribution in [0.2, 0.25) is 0 Å². The Kier molecular flexibility index (Phi) is 3.50. The lowest BCUT2D eigenvalue weighted by atomic mass is 10.3. The standard InChI is InChI=1S/C17H11N3S2/c1-2-4-15-14(3-1)20-16(22-15)6-5-13-11-19-17(21-13)12-7-9-18-10-8-12/h1-11H/b6-5+. The molecule has 0 aliphatic carbocycles. The van der Waals surface area contributed by atoms with Gasteiger partial charge in [0.15, 0.2) is 0 Å². The monoisotopic (exact) mass is 321 g/mol. The molecule has 0 aliphatic rings. The van der Waals surface area contributed by atoms with Gasteiger partial charge in [-0.05, 0) is 36.4 Å². The SMILES string of the molecule is C(=C\c1nc2ccccc2s1)/c1cnc(-c2ccncc2)s1. The second-order valence-electron chi connectivity index (χ2n) is 4.66. The zero-order chi connectivity index (χ0) is 14.8. The molecule has 0 fully saturated rings. The van der Waals surface area contributed by atoms with E-state index in [-0.39, 0.29) is 0 Å². The number of para-hydroxylation sites is 1. The van der Waals surface area contributed by atoms with Crippen LogP contribution in [0, 0.1) is 0 Å². The smallest absolute Gasteiger partial charge is 0.123 e. The van der Waals surface area contributed by atoms with Crippen LogP contribution in [-0.4, -0.2) is 15.0 Å². The molecule has 0 radical (unpaired) electrons. The van der Waals surface area contributed by atoms with Gasteiger partial charge in [0.2, 0.25) is 0 Å². The Morgan fingerprint density at radius 3 is 2.64 bits per heavy atom. The molecule has 0 saturated heterocycles. The molecular formula is C17H11N3S2. The van der Waals surface area contributed by atoms with Crippen molar-refractivity contribution in [3.8, 4) is 10.6 Å². The first-order valence-corrected chi connectivity index (χ1v) is 8.42. The number of hydrogen-bond donors (Lipinski definition) is 0. The highest BCUT2D eigenvalue weighted by Gasteiger charge is 2.03. The fourth-order valence-electron chi connectivity index (χ4n) is 2.11. The number of thiazole rings is 2. The van der Waals surface area contributed by atoms with Crippen molar-refractivity contribution in [3.63, 3.8) is 0 Å². The Hall–Kier alpha value is -2.37. The van der Waals surface area contributed by atoms with E-state index in [2.05, 4.69) is 33.2 Å². The van der Waals surface area contributed by atoms with Crippen molar-refractivity contribution in [1.82, 2.24) is 15.0 Å². The van der Waals surface area contributed by atoms with Crippen LogP contribution in [0.4, 0.5) is 0 Å². The molecule has 0 N–H and O–H groups in total. The van der Waals surface area contributed by atoms with Crippen molar-refractivity contribution in [2.75, 3.05) is 0 Å². The van der Waals surface area contributed by atoms with Gasteiger partial charge in [-0.15, -0.1) is 22.7 Å². The van der Waals surface area contributed by atoms with E-state index in [0.29, 0.717) is 0 Å². The maximum absolute atomic E-state index is 4.60. The predicted octanol–water partition coefficient (Wildman–Crippen LogP) is 4.99. The second-order valence-corrected chi connectivity index (χ2v) is 6.78. The third kappa shape index (κ3) is 2.68. The molecule has 0 bridgehead atoms. The minimum absolute atomic E-state index is 1.01. The number of rotatable bonds is 3. The molecule has 0 atom stereocenters. The van der Waals surface area contributed by atoms with E-state index in [0.717, 1.165) is 26.0 Å². The van der Waals surface area contributed by atoms with Gasteiger partial charge in [-0.25, -0.2) is 9.97 Å². The fourth-order valence-corrected chi connectivity index (χ4v) is 3.80. The molecule has 4 aromatic rings. The summed E-state index contributed by atoms with van der Waals surface area (Å²) in [5.74, 6) is 0. The molecule has 4 rings (SSSR count). The number of pyridine rings is 1. The molecule has 0 aliphatic heterocycles. The Bertz CT molecular complexity index is 906. The largest absolute Gasteiger partial charge is 0.265 e. The van der Waals surface area contributed by atoms with E-state index in [1.165, 1.54) is 4.70 Å². The lowest BCUT2D eigenvalue weighted by molar-refractivity contribution is 1.32. The quantitative estimate of drug-likeness (QED) is 0.534. The normalized spacial score (nSPS) is 11.5. The zero-order valence-electron chi connectivity index (χ0n) is 11.5. The van der Waals surface area contributed by atoms with Gasteiger partial charge in [0.1, 0.15) is 10.0 Å². The average molecular weight is 321 g/mol.